The molecule has 2 rings (SSSR count). The number of halogens is 1. The van der Waals surface area contributed by atoms with Crippen LogP contribution in [0.5, 0.6) is 0 Å². The molecule has 0 aromatic rings. The summed E-state index contributed by atoms with van der Waals surface area (Å²) in [6.45, 7) is 5.15. The van der Waals surface area contributed by atoms with Crippen LogP contribution >= 0.6 is 23.4 Å². The summed E-state index contributed by atoms with van der Waals surface area (Å²) < 4.78 is -0.625. The second-order valence-corrected chi connectivity index (χ2v) is 7.90. The number of β-lactam (4-membered cyclic amide) rings is 1. The maximum absolute atomic E-state index is 12.2. The molecule has 122 valence electrons. The lowest BCUT2D eigenvalue weighted by molar-refractivity contribution is -0.161. The third-order valence-electron chi connectivity index (χ3n) is 3.92. The first-order valence-corrected chi connectivity index (χ1v) is 7.99. The predicted octanol–water partition coefficient (Wildman–Crippen LogP) is 0.0880. The zero-order valence-corrected chi connectivity index (χ0v) is 13.9. The fourth-order valence-electron chi connectivity index (χ4n) is 2.66. The smallest absolute Gasteiger partial charge is 0.327 e. The molecular formula is C13H18ClN3O4S. The van der Waals surface area contributed by atoms with Crippen LogP contribution < -0.4 is 11.1 Å². The number of aliphatic carboxylic acids is 1. The van der Waals surface area contributed by atoms with Crippen LogP contribution in [0.25, 0.3) is 0 Å². The minimum atomic E-state index is -1.05. The number of nitrogens with one attached hydrogen (secondary N) is 1. The number of hydrogen-bond donors (Lipinski definition) is 3. The summed E-state index contributed by atoms with van der Waals surface area (Å²) in [5.41, 5.74) is 7.41. The van der Waals surface area contributed by atoms with E-state index in [2.05, 4.69) is 5.32 Å². The van der Waals surface area contributed by atoms with E-state index in [0.717, 1.165) is 0 Å². The van der Waals surface area contributed by atoms with Crippen LogP contribution in [0, 0.1) is 0 Å². The van der Waals surface area contributed by atoms with Crippen molar-refractivity contribution >= 4 is 41.1 Å². The Kier molecular flexibility index (Phi) is 4.47. The average Bonchev–Trinajstić information content (AvgIpc) is 2.71. The lowest BCUT2D eigenvalue weighted by atomic mass is 9.96. The molecule has 2 saturated heterocycles. The monoisotopic (exact) mass is 347 g/mol. The molecule has 0 spiro atoms. The lowest BCUT2D eigenvalue weighted by Crippen LogP contribution is -2.71. The van der Waals surface area contributed by atoms with Crippen molar-refractivity contribution < 1.29 is 19.5 Å². The highest BCUT2D eigenvalue weighted by Crippen LogP contribution is 2.50. The molecule has 9 heteroatoms. The molecule has 2 heterocycles. The Bertz CT molecular complexity index is 565. The first-order valence-electron chi connectivity index (χ1n) is 6.67. The van der Waals surface area contributed by atoms with Crippen LogP contribution in [0.4, 0.5) is 0 Å². The average molecular weight is 348 g/mol. The van der Waals surface area contributed by atoms with Crippen LogP contribution in [0.1, 0.15) is 20.8 Å². The van der Waals surface area contributed by atoms with Crippen LogP contribution in [0.2, 0.25) is 0 Å². The number of hydrogen-bond acceptors (Lipinski definition) is 5. The van der Waals surface area contributed by atoms with Crippen molar-refractivity contribution in [2.45, 2.75) is 49.0 Å². The Morgan fingerprint density at radius 1 is 1.55 bits per heavy atom. The van der Waals surface area contributed by atoms with Gasteiger partial charge in [0.2, 0.25) is 11.8 Å². The fraction of sp³-hybridized carbons (Fsp3) is 0.615. The molecular weight excluding hydrogens is 330 g/mol. The first-order chi connectivity index (χ1) is 10.1. The summed E-state index contributed by atoms with van der Waals surface area (Å²) in [7, 11) is 0. The third-order valence-corrected chi connectivity index (χ3v) is 5.83. The van der Waals surface area contributed by atoms with Gasteiger partial charge in [0.05, 0.1) is 0 Å². The van der Waals surface area contributed by atoms with E-state index in [0.29, 0.717) is 5.57 Å². The normalized spacial score (nSPS) is 31.3. The standard InChI is InChI=1S/C13H18ClN3O4S/c1-5(4-14)6(15)9(18)16-7-10(19)17-8(12(20)21)13(2,3)22-11(7)17/h4,6-8,11H,15H2,1-3H3,(H,16,18)(H,20,21)/b5-4-/t6?,7-,8-,11+/m0/s1. The molecule has 7 nitrogen and oxygen atoms in total. The van der Waals surface area contributed by atoms with E-state index in [1.807, 2.05) is 0 Å². The Labute approximate surface area is 137 Å². The van der Waals surface area contributed by atoms with Gasteiger partial charge in [-0.15, -0.1) is 11.8 Å². The molecule has 0 bridgehead atoms. The largest absolute Gasteiger partial charge is 0.480 e. The molecule has 1 unspecified atom stereocenters. The quantitative estimate of drug-likeness (QED) is 0.621. The molecule has 4 N–H and O–H groups in total. The zero-order valence-electron chi connectivity index (χ0n) is 12.4. The van der Waals surface area contributed by atoms with Gasteiger partial charge in [-0.1, -0.05) is 11.6 Å². The molecule has 0 aromatic carbocycles. The Morgan fingerprint density at radius 3 is 2.64 bits per heavy atom. The molecule has 0 aromatic heterocycles. The van der Waals surface area contributed by atoms with Gasteiger partial charge in [0, 0.05) is 10.3 Å². The highest BCUT2D eigenvalue weighted by molar-refractivity contribution is 8.01. The topological polar surface area (TPSA) is 113 Å². The van der Waals surface area contributed by atoms with Crippen molar-refractivity contribution in [3.8, 4) is 0 Å². The van der Waals surface area contributed by atoms with Crippen LogP contribution in [-0.2, 0) is 14.4 Å². The van der Waals surface area contributed by atoms with E-state index in [1.54, 1.807) is 20.8 Å². The van der Waals surface area contributed by atoms with Gasteiger partial charge in [-0.25, -0.2) is 4.79 Å². The van der Waals surface area contributed by atoms with Crippen molar-refractivity contribution in [1.29, 1.82) is 0 Å². The van der Waals surface area contributed by atoms with Gasteiger partial charge in [0.1, 0.15) is 23.5 Å². The molecule has 2 amide bonds. The van der Waals surface area contributed by atoms with Crippen LogP contribution in [0.15, 0.2) is 11.1 Å². The number of nitrogens with two attached hydrogens (primary N) is 1. The SMILES string of the molecule is C/C(=C/Cl)C(N)C(=O)N[C@H]1C(=O)N2[C@@H]1SC(C)(C)[C@@H]2C(=O)O. The number of carbonyl (C=O) groups excluding carboxylic acids is 2. The van der Waals surface area contributed by atoms with E-state index in [-0.39, 0.29) is 5.37 Å². The number of fused-ring (bicyclic) bond motifs is 1. The second-order valence-electron chi connectivity index (χ2n) is 5.92. The Hall–Kier alpha value is -1.25. The van der Waals surface area contributed by atoms with E-state index in [4.69, 9.17) is 17.3 Å². The van der Waals surface area contributed by atoms with Crippen molar-refractivity contribution in [2.75, 3.05) is 0 Å². The predicted molar refractivity (Wildman–Crippen MR) is 83.2 cm³/mol. The van der Waals surface area contributed by atoms with Crippen LogP contribution in [-0.4, -0.2) is 56.0 Å². The summed E-state index contributed by atoms with van der Waals surface area (Å²) in [6, 6.07) is -2.59. The maximum atomic E-state index is 12.2. The number of nitrogens with zero attached hydrogens (tertiary/aromatic N) is 1. The number of rotatable bonds is 4. The first kappa shape index (κ1) is 17.1. The summed E-state index contributed by atoms with van der Waals surface area (Å²) in [5, 5.41) is 11.5. The Balaban J connectivity index is 2.11. The lowest BCUT2D eigenvalue weighted by Gasteiger charge is -2.43. The van der Waals surface area contributed by atoms with Gasteiger partial charge >= 0.3 is 5.97 Å². The summed E-state index contributed by atoms with van der Waals surface area (Å²) in [6.07, 6.45) is 0. The fourth-order valence-corrected chi connectivity index (χ4v) is 4.42. The van der Waals surface area contributed by atoms with E-state index in [1.165, 1.54) is 22.2 Å². The summed E-state index contributed by atoms with van der Waals surface area (Å²) in [4.78, 5) is 36.9. The minimum Gasteiger partial charge on any atom is -0.480 e. The van der Waals surface area contributed by atoms with E-state index in [9.17, 15) is 19.5 Å². The molecule has 2 aliphatic rings. The highest BCUT2D eigenvalue weighted by Gasteiger charge is 2.64. The third kappa shape index (κ3) is 2.59. The molecule has 0 aliphatic carbocycles. The zero-order chi connectivity index (χ0) is 16.8. The van der Waals surface area contributed by atoms with E-state index >= 15 is 0 Å². The van der Waals surface area contributed by atoms with Crippen LogP contribution in [0.3, 0.4) is 0 Å². The van der Waals surface area contributed by atoms with Gasteiger partial charge in [-0.3, -0.25) is 9.59 Å². The number of carboxylic acid groups (broad SMARTS) is 1. The van der Waals surface area contributed by atoms with Crippen molar-refractivity contribution in [3.05, 3.63) is 11.1 Å². The number of amides is 2. The van der Waals surface area contributed by atoms with E-state index < -0.39 is 40.7 Å². The molecule has 0 radical (unpaired) electrons. The minimum absolute atomic E-state index is 0.389. The van der Waals surface area contributed by atoms with Crippen molar-refractivity contribution in [1.82, 2.24) is 10.2 Å². The summed E-state index contributed by atoms with van der Waals surface area (Å²) in [5.74, 6) is -1.95. The second kappa shape index (κ2) is 5.75. The molecule has 2 fully saturated rings. The van der Waals surface area contributed by atoms with Gasteiger partial charge in [-0.05, 0) is 26.3 Å². The van der Waals surface area contributed by atoms with Crippen molar-refractivity contribution in [3.63, 3.8) is 0 Å². The summed E-state index contributed by atoms with van der Waals surface area (Å²) >= 11 is 6.88. The molecule has 0 saturated carbocycles. The van der Waals surface area contributed by atoms with Gasteiger partial charge in [0.15, 0.2) is 0 Å². The maximum Gasteiger partial charge on any atom is 0.327 e. The Morgan fingerprint density at radius 2 is 2.14 bits per heavy atom. The van der Waals surface area contributed by atoms with Crippen molar-refractivity contribution in [2.24, 2.45) is 5.73 Å². The molecule has 2 aliphatic heterocycles. The molecule has 4 atom stereocenters. The number of carbonyl (C=O) groups is 3. The van der Waals surface area contributed by atoms with Gasteiger partial charge in [0.25, 0.3) is 0 Å². The highest BCUT2D eigenvalue weighted by atomic mass is 35.5. The number of thioether (sulfide) groups is 1. The van der Waals surface area contributed by atoms with Gasteiger partial charge < -0.3 is 21.1 Å². The number of carboxylic acids is 1. The molecule has 22 heavy (non-hydrogen) atoms. The van der Waals surface area contributed by atoms with Gasteiger partial charge in [-0.2, -0.15) is 0 Å².